The highest BCUT2D eigenvalue weighted by Gasteiger charge is 2.28. The molecule has 0 aliphatic carbocycles. The van der Waals surface area contributed by atoms with Crippen LogP contribution in [-0.2, 0) is 14.6 Å². The van der Waals surface area contributed by atoms with Gasteiger partial charge in [0.15, 0.2) is 9.84 Å². The van der Waals surface area contributed by atoms with Crippen LogP contribution in [0.1, 0.15) is 23.2 Å². The van der Waals surface area contributed by atoms with Crippen LogP contribution in [0.25, 0.3) is 0 Å². The first-order valence-corrected chi connectivity index (χ1v) is 8.82. The van der Waals surface area contributed by atoms with E-state index in [0.717, 1.165) is 12.1 Å². The van der Waals surface area contributed by atoms with Crippen molar-refractivity contribution in [3.63, 3.8) is 0 Å². The number of carbonyl (C=O) groups excluding carboxylic acids is 2. The molecule has 0 aromatic heterocycles. The molecule has 2 N–H and O–H groups in total. The molecule has 1 unspecified atom stereocenters. The Morgan fingerprint density at radius 1 is 1.26 bits per heavy atom. The summed E-state index contributed by atoms with van der Waals surface area (Å²) in [5.74, 6) is -2.94. The largest absolute Gasteiger partial charge is 0.352 e. The van der Waals surface area contributed by atoms with Gasteiger partial charge in [-0.1, -0.05) is 0 Å². The SMILES string of the molecule is O=C(CCNC(=O)c1ccc(F)cc1F)NC1CCS(=O)(=O)C1. The highest BCUT2D eigenvalue weighted by Crippen LogP contribution is 2.11. The highest BCUT2D eigenvalue weighted by atomic mass is 32.2. The van der Waals surface area contributed by atoms with Crippen LogP contribution in [0.2, 0.25) is 0 Å². The van der Waals surface area contributed by atoms with Gasteiger partial charge in [-0.2, -0.15) is 0 Å². The number of benzene rings is 1. The number of carbonyl (C=O) groups is 2. The van der Waals surface area contributed by atoms with E-state index in [1.165, 1.54) is 0 Å². The third-order valence-corrected chi connectivity index (χ3v) is 5.18. The molecule has 23 heavy (non-hydrogen) atoms. The molecule has 2 rings (SSSR count). The van der Waals surface area contributed by atoms with Gasteiger partial charge in [0.1, 0.15) is 11.6 Å². The molecule has 1 aliphatic rings. The van der Waals surface area contributed by atoms with Crippen molar-refractivity contribution in [2.75, 3.05) is 18.1 Å². The molecule has 0 radical (unpaired) electrons. The van der Waals surface area contributed by atoms with E-state index in [4.69, 9.17) is 0 Å². The van der Waals surface area contributed by atoms with Gasteiger partial charge in [-0.3, -0.25) is 9.59 Å². The Hall–Kier alpha value is -2.03. The summed E-state index contributed by atoms with van der Waals surface area (Å²) in [7, 11) is -3.08. The van der Waals surface area contributed by atoms with E-state index < -0.39 is 39.3 Å². The fourth-order valence-electron chi connectivity index (χ4n) is 2.27. The van der Waals surface area contributed by atoms with E-state index in [1.54, 1.807) is 0 Å². The van der Waals surface area contributed by atoms with Crippen LogP contribution in [0.4, 0.5) is 8.78 Å². The van der Waals surface area contributed by atoms with Gasteiger partial charge >= 0.3 is 0 Å². The Morgan fingerprint density at radius 3 is 2.61 bits per heavy atom. The molecule has 0 spiro atoms. The zero-order valence-corrected chi connectivity index (χ0v) is 13.0. The van der Waals surface area contributed by atoms with E-state index in [1.807, 2.05) is 0 Å². The highest BCUT2D eigenvalue weighted by molar-refractivity contribution is 7.91. The minimum atomic E-state index is -3.08. The van der Waals surface area contributed by atoms with Gasteiger partial charge in [0.25, 0.3) is 5.91 Å². The fourth-order valence-corrected chi connectivity index (χ4v) is 3.94. The van der Waals surface area contributed by atoms with E-state index in [0.29, 0.717) is 12.5 Å². The topological polar surface area (TPSA) is 92.3 Å². The van der Waals surface area contributed by atoms with Gasteiger partial charge in [0.2, 0.25) is 5.91 Å². The maximum Gasteiger partial charge on any atom is 0.254 e. The van der Waals surface area contributed by atoms with Gasteiger partial charge in [0, 0.05) is 25.1 Å². The van der Waals surface area contributed by atoms with Crippen molar-refractivity contribution in [2.24, 2.45) is 0 Å². The van der Waals surface area contributed by atoms with Gasteiger partial charge < -0.3 is 10.6 Å². The first kappa shape index (κ1) is 17.3. The minimum absolute atomic E-state index is 0.0407. The van der Waals surface area contributed by atoms with Crippen molar-refractivity contribution in [3.05, 3.63) is 35.4 Å². The monoisotopic (exact) mass is 346 g/mol. The standard InChI is InChI=1S/C14H16F2N2O4S/c15-9-1-2-11(12(16)7-9)14(20)17-5-3-13(19)18-10-4-6-23(21,22)8-10/h1-2,7,10H,3-6,8H2,(H,17,20)(H,18,19). The summed E-state index contributed by atoms with van der Waals surface area (Å²) in [6, 6.07) is 2.18. The number of sulfone groups is 1. The molecule has 6 nitrogen and oxygen atoms in total. The van der Waals surface area contributed by atoms with Crippen LogP contribution in [0.3, 0.4) is 0 Å². The molecule has 0 bridgehead atoms. The normalized spacial score (nSPS) is 19.3. The van der Waals surface area contributed by atoms with Crippen LogP contribution in [0, 0.1) is 11.6 Å². The van der Waals surface area contributed by atoms with Gasteiger partial charge in [-0.25, -0.2) is 17.2 Å². The van der Waals surface area contributed by atoms with Crippen LogP contribution in [-0.4, -0.2) is 44.3 Å². The zero-order valence-electron chi connectivity index (χ0n) is 12.1. The maximum atomic E-state index is 13.4. The van der Waals surface area contributed by atoms with Gasteiger partial charge in [-0.15, -0.1) is 0 Å². The Bertz CT molecular complexity index is 721. The van der Waals surface area contributed by atoms with E-state index in [2.05, 4.69) is 10.6 Å². The second-order valence-electron chi connectivity index (χ2n) is 5.30. The predicted molar refractivity (Wildman–Crippen MR) is 78.5 cm³/mol. The number of amides is 2. The summed E-state index contributed by atoms with van der Waals surface area (Å²) in [6.45, 7) is -0.0407. The van der Waals surface area contributed by atoms with E-state index >= 15 is 0 Å². The quantitative estimate of drug-likeness (QED) is 0.807. The lowest BCUT2D eigenvalue weighted by atomic mass is 10.2. The third-order valence-electron chi connectivity index (χ3n) is 3.41. The summed E-state index contributed by atoms with van der Waals surface area (Å²) in [5, 5.41) is 4.92. The summed E-state index contributed by atoms with van der Waals surface area (Å²) in [4.78, 5) is 23.4. The van der Waals surface area contributed by atoms with Crippen molar-refractivity contribution < 1.29 is 26.8 Å². The minimum Gasteiger partial charge on any atom is -0.352 e. The van der Waals surface area contributed by atoms with Crippen LogP contribution in [0.15, 0.2) is 18.2 Å². The number of rotatable bonds is 5. The van der Waals surface area contributed by atoms with Crippen molar-refractivity contribution in [1.29, 1.82) is 0 Å². The lowest BCUT2D eigenvalue weighted by molar-refractivity contribution is -0.121. The number of halogens is 2. The van der Waals surface area contributed by atoms with Crippen molar-refractivity contribution >= 4 is 21.7 Å². The molecule has 126 valence electrons. The Kier molecular flexibility index (Phi) is 5.30. The van der Waals surface area contributed by atoms with Gasteiger partial charge in [-0.05, 0) is 18.6 Å². The lowest BCUT2D eigenvalue weighted by Gasteiger charge is -2.11. The zero-order chi connectivity index (χ0) is 17.0. The molecule has 1 aliphatic heterocycles. The molecule has 1 fully saturated rings. The maximum absolute atomic E-state index is 13.4. The second kappa shape index (κ2) is 7.03. The smallest absolute Gasteiger partial charge is 0.254 e. The average Bonchev–Trinajstić information content (AvgIpc) is 2.77. The first-order chi connectivity index (χ1) is 10.8. The number of nitrogens with one attached hydrogen (secondary N) is 2. The van der Waals surface area contributed by atoms with Crippen LogP contribution in [0.5, 0.6) is 0 Å². The molecular weight excluding hydrogens is 330 g/mol. The molecule has 1 aromatic carbocycles. The molecule has 0 saturated carbocycles. The Morgan fingerprint density at radius 2 is 2.00 bits per heavy atom. The van der Waals surface area contributed by atoms with E-state index in [9.17, 15) is 26.8 Å². The molecule has 1 atom stereocenters. The summed E-state index contributed by atoms with van der Waals surface area (Å²) in [6.07, 6.45) is 0.312. The van der Waals surface area contributed by atoms with Crippen molar-refractivity contribution in [1.82, 2.24) is 10.6 Å². The fraction of sp³-hybridized carbons (Fsp3) is 0.429. The van der Waals surface area contributed by atoms with E-state index in [-0.39, 0.29) is 30.0 Å². The number of hydrogen-bond acceptors (Lipinski definition) is 4. The number of hydrogen-bond donors (Lipinski definition) is 2. The van der Waals surface area contributed by atoms with Crippen LogP contribution < -0.4 is 10.6 Å². The lowest BCUT2D eigenvalue weighted by Crippen LogP contribution is -2.37. The second-order valence-corrected chi connectivity index (χ2v) is 7.53. The molecule has 1 saturated heterocycles. The summed E-state index contributed by atoms with van der Waals surface area (Å²) in [5.41, 5.74) is -0.311. The average molecular weight is 346 g/mol. The molecule has 1 aromatic rings. The Balaban J connectivity index is 1.76. The molecule has 2 amide bonds. The molecule has 1 heterocycles. The van der Waals surface area contributed by atoms with Crippen LogP contribution >= 0.6 is 0 Å². The predicted octanol–water partition coefficient (Wildman–Crippen LogP) is 0.388. The molecular formula is C14H16F2N2O4S. The van der Waals surface area contributed by atoms with Gasteiger partial charge in [0.05, 0.1) is 17.1 Å². The Labute approximate surface area is 132 Å². The summed E-state index contributed by atoms with van der Waals surface area (Å²) >= 11 is 0. The third kappa shape index (κ3) is 4.98. The van der Waals surface area contributed by atoms with Crippen molar-refractivity contribution in [2.45, 2.75) is 18.9 Å². The molecule has 9 heteroatoms. The van der Waals surface area contributed by atoms with Crippen molar-refractivity contribution in [3.8, 4) is 0 Å². The summed E-state index contributed by atoms with van der Waals surface area (Å²) < 4.78 is 48.7. The first-order valence-electron chi connectivity index (χ1n) is 7.00.